The summed E-state index contributed by atoms with van der Waals surface area (Å²) in [6, 6.07) is 0. The molecule has 0 spiro atoms. The standard InChI is InChI=1S/C28H46O2/c1-19(2)28(13-5-14-28)30-17-12-20-7-9-24-23-8-6-21-18-22(29)10-15-27(21,4)25(23)11-16-26(20,24)3/h6,19-20,22-25,29H,5,7-18H2,1-4H3/t20-,22+,23+,24+,25+,26-,27+/m1/s1. The molecule has 170 valence electrons. The summed E-state index contributed by atoms with van der Waals surface area (Å²) in [4.78, 5) is 0. The maximum atomic E-state index is 10.2. The van der Waals surface area contributed by atoms with Gasteiger partial charge in [-0.05, 0) is 117 Å². The summed E-state index contributed by atoms with van der Waals surface area (Å²) < 4.78 is 6.58. The maximum absolute atomic E-state index is 10.2. The molecule has 0 saturated heterocycles. The fourth-order valence-electron chi connectivity index (χ4n) is 9.04. The third-order valence-corrected chi connectivity index (χ3v) is 11.4. The Morgan fingerprint density at radius 2 is 1.83 bits per heavy atom. The van der Waals surface area contributed by atoms with Crippen LogP contribution in [0.5, 0.6) is 0 Å². The molecule has 4 saturated carbocycles. The number of hydrogen-bond acceptors (Lipinski definition) is 2. The Balaban J connectivity index is 1.26. The van der Waals surface area contributed by atoms with Crippen LogP contribution in [0.25, 0.3) is 0 Å². The minimum Gasteiger partial charge on any atom is -0.393 e. The van der Waals surface area contributed by atoms with Crippen LogP contribution >= 0.6 is 0 Å². The van der Waals surface area contributed by atoms with Gasteiger partial charge in [-0.2, -0.15) is 0 Å². The van der Waals surface area contributed by atoms with Gasteiger partial charge in [0.1, 0.15) is 0 Å². The average Bonchev–Trinajstić information content (AvgIpc) is 3.00. The summed E-state index contributed by atoms with van der Waals surface area (Å²) in [5.41, 5.74) is 2.72. The second-order valence-corrected chi connectivity index (χ2v) is 12.7. The Morgan fingerprint density at radius 3 is 2.53 bits per heavy atom. The van der Waals surface area contributed by atoms with E-state index in [4.69, 9.17) is 4.74 Å². The largest absolute Gasteiger partial charge is 0.393 e. The number of aliphatic hydroxyl groups excluding tert-OH is 1. The number of hydrogen-bond donors (Lipinski definition) is 1. The summed E-state index contributed by atoms with van der Waals surface area (Å²) in [6.07, 6.45) is 17.8. The molecule has 0 aromatic rings. The molecule has 2 nitrogen and oxygen atoms in total. The molecule has 0 aliphatic heterocycles. The summed E-state index contributed by atoms with van der Waals surface area (Å²) in [7, 11) is 0. The maximum Gasteiger partial charge on any atom is 0.0705 e. The van der Waals surface area contributed by atoms with Crippen LogP contribution in [0.15, 0.2) is 11.6 Å². The first-order valence-electron chi connectivity index (χ1n) is 13.3. The Morgan fingerprint density at radius 1 is 1.03 bits per heavy atom. The van der Waals surface area contributed by atoms with Crippen LogP contribution in [-0.2, 0) is 4.74 Å². The van der Waals surface area contributed by atoms with E-state index in [2.05, 4.69) is 33.8 Å². The molecule has 4 fully saturated rings. The van der Waals surface area contributed by atoms with Gasteiger partial charge in [0.05, 0.1) is 11.7 Å². The van der Waals surface area contributed by atoms with Gasteiger partial charge in [-0.15, -0.1) is 0 Å². The summed E-state index contributed by atoms with van der Waals surface area (Å²) in [6.45, 7) is 10.9. The molecule has 5 rings (SSSR count). The summed E-state index contributed by atoms with van der Waals surface area (Å²) >= 11 is 0. The van der Waals surface area contributed by atoms with Gasteiger partial charge in [-0.3, -0.25) is 0 Å². The number of rotatable bonds is 5. The van der Waals surface area contributed by atoms with Gasteiger partial charge in [0.2, 0.25) is 0 Å². The number of aliphatic hydroxyl groups is 1. The molecule has 7 atom stereocenters. The molecule has 0 heterocycles. The molecule has 2 heteroatoms. The first-order valence-corrected chi connectivity index (χ1v) is 13.3. The summed E-state index contributed by atoms with van der Waals surface area (Å²) in [5.74, 6) is 4.17. The monoisotopic (exact) mass is 414 g/mol. The normalized spacial score (nSPS) is 47.1. The second-order valence-electron chi connectivity index (χ2n) is 12.7. The second kappa shape index (κ2) is 7.62. The van der Waals surface area contributed by atoms with Crippen LogP contribution in [0.2, 0.25) is 0 Å². The third kappa shape index (κ3) is 3.18. The highest BCUT2D eigenvalue weighted by molar-refractivity contribution is 5.25. The van der Waals surface area contributed by atoms with Crippen molar-refractivity contribution in [1.29, 1.82) is 0 Å². The van der Waals surface area contributed by atoms with E-state index in [-0.39, 0.29) is 11.7 Å². The van der Waals surface area contributed by atoms with E-state index in [0.29, 0.717) is 16.7 Å². The lowest BCUT2D eigenvalue weighted by atomic mass is 9.47. The van der Waals surface area contributed by atoms with E-state index in [1.54, 1.807) is 5.57 Å². The Labute approximate surface area is 185 Å². The molecule has 0 radical (unpaired) electrons. The average molecular weight is 415 g/mol. The van der Waals surface area contributed by atoms with E-state index < -0.39 is 0 Å². The topological polar surface area (TPSA) is 29.5 Å². The predicted octanol–water partition coefficient (Wildman–Crippen LogP) is 6.91. The molecule has 0 aromatic carbocycles. The molecule has 0 aromatic heterocycles. The quantitative estimate of drug-likeness (QED) is 0.495. The molecular weight excluding hydrogens is 368 g/mol. The molecule has 0 amide bonds. The van der Waals surface area contributed by atoms with Gasteiger partial charge >= 0.3 is 0 Å². The van der Waals surface area contributed by atoms with Gasteiger partial charge in [0.25, 0.3) is 0 Å². The van der Waals surface area contributed by atoms with E-state index in [0.717, 1.165) is 43.1 Å². The first-order chi connectivity index (χ1) is 14.3. The fraction of sp³-hybridized carbons (Fsp3) is 0.929. The van der Waals surface area contributed by atoms with Crippen molar-refractivity contribution in [3.8, 4) is 0 Å². The van der Waals surface area contributed by atoms with Crippen molar-refractivity contribution >= 4 is 0 Å². The smallest absolute Gasteiger partial charge is 0.0705 e. The van der Waals surface area contributed by atoms with E-state index >= 15 is 0 Å². The Hall–Kier alpha value is -0.340. The number of fused-ring (bicyclic) bond motifs is 5. The highest BCUT2D eigenvalue weighted by Gasteiger charge is 2.58. The zero-order valence-corrected chi connectivity index (χ0v) is 20.1. The van der Waals surface area contributed by atoms with E-state index in [9.17, 15) is 5.11 Å². The van der Waals surface area contributed by atoms with Crippen molar-refractivity contribution in [2.24, 2.45) is 40.4 Å². The highest BCUT2D eigenvalue weighted by Crippen LogP contribution is 2.66. The zero-order valence-electron chi connectivity index (χ0n) is 20.1. The van der Waals surface area contributed by atoms with Crippen LogP contribution in [0.3, 0.4) is 0 Å². The van der Waals surface area contributed by atoms with Gasteiger partial charge < -0.3 is 9.84 Å². The van der Waals surface area contributed by atoms with Crippen molar-refractivity contribution in [1.82, 2.24) is 0 Å². The van der Waals surface area contributed by atoms with Crippen LogP contribution in [-0.4, -0.2) is 23.4 Å². The molecular formula is C28H46O2. The Kier molecular flexibility index (Phi) is 5.46. The van der Waals surface area contributed by atoms with E-state index in [1.165, 1.54) is 64.2 Å². The van der Waals surface area contributed by atoms with Crippen molar-refractivity contribution in [2.45, 2.75) is 116 Å². The van der Waals surface area contributed by atoms with Crippen LogP contribution in [0.1, 0.15) is 105 Å². The van der Waals surface area contributed by atoms with Gasteiger partial charge in [-0.1, -0.05) is 39.3 Å². The van der Waals surface area contributed by atoms with Crippen LogP contribution < -0.4 is 0 Å². The minimum atomic E-state index is -0.0876. The summed E-state index contributed by atoms with van der Waals surface area (Å²) in [5, 5.41) is 10.2. The van der Waals surface area contributed by atoms with Gasteiger partial charge in [-0.25, -0.2) is 0 Å². The first kappa shape index (κ1) is 21.5. The predicted molar refractivity (Wildman–Crippen MR) is 123 cm³/mol. The van der Waals surface area contributed by atoms with Crippen molar-refractivity contribution in [3.05, 3.63) is 11.6 Å². The lowest BCUT2D eigenvalue weighted by Crippen LogP contribution is -2.50. The van der Waals surface area contributed by atoms with Crippen molar-refractivity contribution in [2.75, 3.05) is 6.61 Å². The fourth-order valence-corrected chi connectivity index (χ4v) is 9.04. The zero-order chi connectivity index (χ0) is 21.1. The lowest BCUT2D eigenvalue weighted by molar-refractivity contribution is -0.136. The van der Waals surface area contributed by atoms with Crippen molar-refractivity contribution < 1.29 is 9.84 Å². The third-order valence-electron chi connectivity index (χ3n) is 11.4. The Bertz CT molecular complexity index is 676. The van der Waals surface area contributed by atoms with Crippen molar-refractivity contribution in [3.63, 3.8) is 0 Å². The van der Waals surface area contributed by atoms with Gasteiger partial charge in [0, 0.05) is 6.61 Å². The molecule has 5 aliphatic carbocycles. The highest BCUT2D eigenvalue weighted by atomic mass is 16.5. The number of allylic oxidation sites excluding steroid dienone is 1. The molecule has 1 N–H and O–H groups in total. The SMILES string of the molecule is CC(C)C1(OCC[C@H]2CC[C@H]3[C@@H]4CC=C5C[C@@H](O)CC[C@]5(C)[C@H]4CC[C@]23C)CCC1. The minimum absolute atomic E-state index is 0.0876. The van der Waals surface area contributed by atoms with E-state index in [1.807, 2.05) is 0 Å². The molecule has 5 aliphatic rings. The molecule has 0 bridgehead atoms. The molecule has 0 unspecified atom stereocenters. The molecule has 30 heavy (non-hydrogen) atoms. The van der Waals surface area contributed by atoms with Crippen LogP contribution in [0.4, 0.5) is 0 Å². The number of ether oxygens (including phenoxy) is 1. The van der Waals surface area contributed by atoms with Crippen LogP contribution in [0, 0.1) is 40.4 Å². The van der Waals surface area contributed by atoms with Gasteiger partial charge in [0.15, 0.2) is 0 Å². The lowest BCUT2D eigenvalue weighted by Gasteiger charge is -2.58.